The van der Waals surface area contributed by atoms with Gasteiger partial charge < -0.3 is 4.42 Å². The van der Waals surface area contributed by atoms with E-state index in [4.69, 9.17) is 4.42 Å². The van der Waals surface area contributed by atoms with Crippen LogP contribution in [0.25, 0.3) is 11.3 Å². The fraction of sp³-hybridized carbons (Fsp3) is 0.150. The van der Waals surface area contributed by atoms with Gasteiger partial charge in [-0.15, -0.1) is 0 Å². The molecule has 2 heterocycles. The molecule has 0 bridgehead atoms. The van der Waals surface area contributed by atoms with E-state index in [1.54, 1.807) is 31.2 Å². The number of hydrogen-bond donors (Lipinski definition) is 0. The van der Waals surface area contributed by atoms with Gasteiger partial charge in [0, 0.05) is 11.3 Å². The molecule has 0 unspecified atom stereocenters. The van der Waals surface area contributed by atoms with Crippen LogP contribution in [0.4, 0.5) is 14.9 Å². The van der Waals surface area contributed by atoms with Crippen LogP contribution in [-0.4, -0.2) is 27.9 Å². The Balaban J connectivity index is 1.55. The maximum Gasteiger partial charge on any atom is 0.332 e. The van der Waals surface area contributed by atoms with Crippen molar-refractivity contribution < 1.29 is 18.4 Å². The van der Waals surface area contributed by atoms with Crippen molar-refractivity contribution in [2.24, 2.45) is 0 Å². The molecule has 1 fully saturated rings. The number of anilines is 1. The zero-order chi connectivity index (χ0) is 19.0. The molecule has 27 heavy (non-hydrogen) atoms. The smallest absolute Gasteiger partial charge is 0.332 e. The number of nitrogens with zero attached hydrogens (tertiary/aromatic N) is 3. The molecule has 0 N–H and O–H groups in total. The summed E-state index contributed by atoms with van der Waals surface area (Å²) in [4.78, 5) is 32.1. The van der Waals surface area contributed by atoms with E-state index in [2.05, 4.69) is 4.98 Å². The van der Waals surface area contributed by atoms with Crippen molar-refractivity contribution >= 4 is 17.6 Å². The van der Waals surface area contributed by atoms with Crippen LogP contribution in [0, 0.1) is 5.82 Å². The van der Waals surface area contributed by atoms with Crippen LogP contribution >= 0.6 is 0 Å². The number of rotatable bonds is 4. The summed E-state index contributed by atoms with van der Waals surface area (Å²) in [6, 6.07) is 13.8. The summed E-state index contributed by atoms with van der Waals surface area (Å²) in [5, 5.41) is 0. The third-order valence-electron chi connectivity index (χ3n) is 4.46. The third-order valence-corrected chi connectivity index (χ3v) is 4.46. The molecular formula is C20H16FN3O3. The molecule has 7 heteroatoms. The van der Waals surface area contributed by atoms with Crippen molar-refractivity contribution in [3.05, 3.63) is 72.5 Å². The second kappa shape index (κ2) is 6.68. The van der Waals surface area contributed by atoms with Gasteiger partial charge in [-0.2, -0.15) is 0 Å². The van der Waals surface area contributed by atoms with Crippen LogP contribution in [-0.2, 0) is 11.3 Å². The minimum Gasteiger partial charge on any atom is -0.439 e. The number of aromatic nitrogens is 1. The molecule has 3 amide bonds. The van der Waals surface area contributed by atoms with Gasteiger partial charge in [0.15, 0.2) is 5.76 Å². The average Bonchev–Trinajstić information content (AvgIpc) is 3.22. The van der Waals surface area contributed by atoms with Crippen LogP contribution in [0.15, 0.2) is 65.2 Å². The van der Waals surface area contributed by atoms with E-state index in [-0.39, 0.29) is 24.2 Å². The highest BCUT2D eigenvalue weighted by Crippen LogP contribution is 2.27. The van der Waals surface area contributed by atoms with Crippen molar-refractivity contribution in [1.29, 1.82) is 0 Å². The van der Waals surface area contributed by atoms with Gasteiger partial charge in [-0.3, -0.25) is 14.6 Å². The maximum absolute atomic E-state index is 13.0. The van der Waals surface area contributed by atoms with Gasteiger partial charge >= 0.3 is 6.03 Å². The van der Waals surface area contributed by atoms with Crippen molar-refractivity contribution in [1.82, 2.24) is 9.88 Å². The molecular weight excluding hydrogens is 349 g/mol. The monoisotopic (exact) mass is 365 g/mol. The van der Waals surface area contributed by atoms with E-state index in [0.717, 1.165) is 4.90 Å². The van der Waals surface area contributed by atoms with Crippen LogP contribution in [0.5, 0.6) is 0 Å². The minimum absolute atomic E-state index is 0.0630. The van der Waals surface area contributed by atoms with Gasteiger partial charge in [-0.1, -0.05) is 18.2 Å². The number of urea groups is 1. The van der Waals surface area contributed by atoms with E-state index < -0.39 is 12.1 Å². The first-order valence-electron chi connectivity index (χ1n) is 8.45. The average molecular weight is 365 g/mol. The van der Waals surface area contributed by atoms with Crippen molar-refractivity contribution in [2.45, 2.75) is 19.5 Å². The Morgan fingerprint density at radius 2 is 1.78 bits per heavy atom. The Morgan fingerprint density at radius 3 is 2.48 bits per heavy atom. The lowest BCUT2D eigenvalue weighted by Crippen LogP contribution is -2.33. The molecule has 6 nitrogen and oxygen atoms in total. The van der Waals surface area contributed by atoms with Crippen LogP contribution in [0.2, 0.25) is 0 Å². The number of para-hydroxylation sites is 1. The number of benzene rings is 2. The standard InChI is InChI=1S/C20H16FN3O3/c1-13-19(25)23(20(26)24(13)16-5-3-2-4-6-16)12-18-22-11-17(27-18)14-7-9-15(21)10-8-14/h2-11,13H,12H2,1H3/t13-/m0/s1. The Kier molecular flexibility index (Phi) is 4.19. The van der Waals surface area contributed by atoms with Gasteiger partial charge in [-0.25, -0.2) is 14.2 Å². The Morgan fingerprint density at radius 1 is 1.07 bits per heavy atom. The Bertz CT molecular complexity index is 985. The molecule has 0 radical (unpaired) electrons. The van der Waals surface area contributed by atoms with Crippen molar-refractivity contribution in [3.8, 4) is 11.3 Å². The van der Waals surface area contributed by atoms with Gasteiger partial charge in [0.05, 0.1) is 6.20 Å². The molecule has 0 saturated carbocycles. The second-order valence-corrected chi connectivity index (χ2v) is 6.21. The first-order chi connectivity index (χ1) is 13.0. The fourth-order valence-electron chi connectivity index (χ4n) is 3.06. The van der Waals surface area contributed by atoms with Gasteiger partial charge in [0.1, 0.15) is 18.4 Å². The molecule has 4 rings (SSSR count). The van der Waals surface area contributed by atoms with Crippen LogP contribution in [0.3, 0.4) is 0 Å². The minimum atomic E-state index is -0.605. The summed E-state index contributed by atoms with van der Waals surface area (Å²) in [7, 11) is 0. The maximum atomic E-state index is 13.0. The number of carbonyl (C=O) groups is 2. The molecule has 1 saturated heterocycles. The van der Waals surface area contributed by atoms with Gasteiger partial charge in [0.2, 0.25) is 5.89 Å². The molecule has 1 aliphatic heterocycles. The number of hydrogen-bond acceptors (Lipinski definition) is 4. The quantitative estimate of drug-likeness (QED) is 0.659. The van der Waals surface area contributed by atoms with E-state index in [0.29, 0.717) is 17.0 Å². The molecule has 0 spiro atoms. The summed E-state index contributed by atoms with van der Waals surface area (Å²) in [5.74, 6) is 0.0160. The van der Waals surface area contributed by atoms with Crippen LogP contribution < -0.4 is 4.90 Å². The summed E-state index contributed by atoms with van der Waals surface area (Å²) in [6.07, 6.45) is 1.49. The highest BCUT2D eigenvalue weighted by molar-refractivity contribution is 6.13. The zero-order valence-corrected chi connectivity index (χ0v) is 14.5. The molecule has 136 valence electrons. The summed E-state index contributed by atoms with van der Waals surface area (Å²) in [5.41, 5.74) is 1.32. The fourth-order valence-corrected chi connectivity index (χ4v) is 3.06. The van der Waals surface area contributed by atoms with E-state index in [1.165, 1.54) is 23.2 Å². The lowest BCUT2D eigenvalue weighted by Gasteiger charge is -2.18. The first-order valence-corrected chi connectivity index (χ1v) is 8.45. The van der Waals surface area contributed by atoms with Crippen LogP contribution in [0.1, 0.15) is 12.8 Å². The third kappa shape index (κ3) is 3.08. The number of oxazole rings is 1. The summed E-state index contributed by atoms with van der Waals surface area (Å²) < 4.78 is 18.7. The number of imide groups is 1. The lowest BCUT2D eigenvalue weighted by atomic mass is 10.2. The molecule has 1 aromatic heterocycles. The number of amides is 3. The molecule has 1 atom stereocenters. The predicted octanol–water partition coefficient (Wildman–Crippen LogP) is 3.84. The number of carbonyl (C=O) groups excluding carboxylic acids is 2. The molecule has 0 aliphatic carbocycles. The largest absolute Gasteiger partial charge is 0.439 e. The number of halogens is 1. The first kappa shape index (κ1) is 17.0. The van der Waals surface area contributed by atoms with E-state index in [1.807, 2.05) is 18.2 Å². The lowest BCUT2D eigenvalue weighted by molar-refractivity contribution is -0.127. The molecule has 1 aliphatic rings. The van der Waals surface area contributed by atoms with Crippen molar-refractivity contribution in [2.75, 3.05) is 4.90 Å². The molecule has 3 aromatic rings. The summed E-state index contributed by atoms with van der Waals surface area (Å²) >= 11 is 0. The normalized spacial score (nSPS) is 17.0. The van der Waals surface area contributed by atoms with Gasteiger partial charge in [0.25, 0.3) is 5.91 Å². The van der Waals surface area contributed by atoms with Gasteiger partial charge in [-0.05, 0) is 43.3 Å². The summed E-state index contributed by atoms with van der Waals surface area (Å²) in [6.45, 7) is 1.62. The SMILES string of the molecule is C[C@H]1C(=O)N(Cc2ncc(-c3ccc(F)cc3)o2)C(=O)N1c1ccccc1. The zero-order valence-electron chi connectivity index (χ0n) is 14.5. The Labute approximate surface area is 154 Å². The van der Waals surface area contributed by atoms with Crippen molar-refractivity contribution in [3.63, 3.8) is 0 Å². The predicted molar refractivity (Wildman–Crippen MR) is 96.2 cm³/mol. The highest BCUT2D eigenvalue weighted by Gasteiger charge is 2.43. The van der Waals surface area contributed by atoms with E-state index >= 15 is 0 Å². The topological polar surface area (TPSA) is 66.7 Å². The second-order valence-electron chi connectivity index (χ2n) is 6.21. The van der Waals surface area contributed by atoms with E-state index in [9.17, 15) is 14.0 Å². The molecule has 2 aromatic carbocycles. The highest BCUT2D eigenvalue weighted by atomic mass is 19.1. The Hall–Kier alpha value is -3.48.